The van der Waals surface area contributed by atoms with Crippen LogP contribution in [0.25, 0.3) is 0 Å². The number of hydrogen-bond donors (Lipinski definition) is 1. The summed E-state index contributed by atoms with van der Waals surface area (Å²) in [5.74, 6) is 0.110. The third-order valence-electron chi connectivity index (χ3n) is 3.61. The van der Waals surface area contributed by atoms with Crippen molar-refractivity contribution in [3.05, 3.63) is 0 Å². The summed E-state index contributed by atoms with van der Waals surface area (Å²) in [5, 5.41) is 0. The summed E-state index contributed by atoms with van der Waals surface area (Å²) in [5.41, 5.74) is 0. The number of carbonyl (C=O) groups excluding carboxylic acids is 1. The van der Waals surface area contributed by atoms with Crippen molar-refractivity contribution in [2.75, 3.05) is 59.7 Å². The summed E-state index contributed by atoms with van der Waals surface area (Å²) in [6.45, 7) is 8.83. The molecule has 0 saturated carbocycles. The van der Waals surface area contributed by atoms with Gasteiger partial charge >= 0.3 is 7.60 Å². The number of nitrogens with zero attached hydrogens (tertiary/aromatic N) is 2. The maximum atomic E-state index is 11.3. The molecule has 1 fully saturated rings. The van der Waals surface area contributed by atoms with Gasteiger partial charge in [0.1, 0.15) is 6.10 Å². The molecule has 1 heterocycles. The van der Waals surface area contributed by atoms with E-state index in [1.807, 2.05) is 11.8 Å². The number of amides is 1. The van der Waals surface area contributed by atoms with Gasteiger partial charge in [0.05, 0.1) is 19.3 Å². The quantitative estimate of drug-likeness (QED) is 0.601. The fourth-order valence-electron chi connectivity index (χ4n) is 2.51. The summed E-state index contributed by atoms with van der Waals surface area (Å²) in [6.07, 6.45) is -0.466. The Morgan fingerprint density at radius 1 is 1.26 bits per heavy atom. The smallest absolute Gasteiger partial charge is 0.325 e. The number of ether oxygens (including phenoxy) is 2. The zero-order valence-corrected chi connectivity index (χ0v) is 15.3. The van der Waals surface area contributed by atoms with Crippen LogP contribution in [0.1, 0.15) is 13.8 Å². The highest BCUT2D eigenvalue weighted by molar-refractivity contribution is 7.51. The topological polar surface area (TPSA) is 88.5 Å². The molecule has 1 rings (SSSR count). The van der Waals surface area contributed by atoms with E-state index in [2.05, 4.69) is 4.90 Å². The van der Waals surface area contributed by atoms with Crippen LogP contribution >= 0.6 is 7.60 Å². The average molecular weight is 352 g/mol. The van der Waals surface area contributed by atoms with E-state index in [4.69, 9.17) is 14.0 Å². The lowest BCUT2D eigenvalue weighted by Crippen LogP contribution is -2.50. The van der Waals surface area contributed by atoms with Gasteiger partial charge in [0.15, 0.2) is 0 Å². The Hall–Kier alpha value is -0.500. The lowest BCUT2D eigenvalue weighted by atomic mass is 10.2. The first-order valence-corrected chi connectivity index (χ1v) is 9.81. The monoisotopic (exact) mass is 352 g/mol. The molecule has 1 N–H and O–H groups in total. The molecule has 0 aromatic carbocycles. The first-order valence-electron chi connectivity index (χ1n) is 7.78. The molecule has 8 nitrogen and oxygen atoms in total. The van der Waals surface area contributed by atoms with E-state index in [1.165, 1.54) is 0 Å². The van der Waals surface area contributed by atoms with E-state index in [9.17, 15) is 14.3 Å². The molecule has 0 aromatic heterocycles. The molecule has 0 aliphatic carbocycles. The molecule has 0 radical (unpaired) electrons. The Balaban J connectivity index is 2.36. The Morgan fingerprint density at radius 3 is 2.35 bits per heavy atom. The standard InChI is InChI=1S/C14H29N2O6P/c1-12(9-15-5-7-16(8-6-15)13(2)17)22-14(10-20-3)11-21-23(4,18)19/h12,14H,5-11H2,1-4H3,(H,18,19). The first-order chi connectivity index (χ1) is 10.7. The highest BCUT2D eigenvalue weighted by Gasteiger charge is 2.23. The molecule has 0 bridgehead atoms. The van der Waals surface area contributed by atoms with Crippen molar-refractivity contribution in [2.24, 2.45) is 0 Å². The summed E-state index contributed by atoms with van der Waals surface area (Å²) in [6, 6.07) is 0. The lowest BCUT2D eigenvalue weighted by molar-refractivity contribution is -0.131. The van der Waals surface area contributed by atoms with Gasteiger partial charge in [-0.1, -0.05) is 0 Å². The third-order valence-corrected chi connectivity index (χ3v) is 4.24. The van der Waals surface area contributed by atoms with Gasteiger partial charge in [-0.15, -0.1) is 0 Å². The van der Waals surface area contributed by atoms with Crippen LogP contribution in [0.2, 0.25) is 0 Å². The fraction of sp³-hybridized carbons (Fsp3) is 0.929. The number of piperazine rings is 1. The van der Waals surface area contributed by atoms with Gasteiger partial charge in [-0.25, -0.2) is 0 Å². The molecule has 0 spiro atoms. The number of hydrogen-bond acceptors (Lipinski definition) is 6. The van der Waals surface area contributed by atoms with Crippen LogP contribution in [0.4, 0.5) is 0 Å². The van der Waals surface area contributed by atoms with Crippen molar-refractivity contribution in [1.29, 1.82) is 0 Å². The molecule has 0 aromatic rings. The molecule has 1 aliphatic rings. The van der Waals surface area contributed by atoms with Crippen molar-refractivity contribution in [3.63, 3.8) is 0 Å². The second kappa shape index (κ2) is 9.71. The van der Waals surface area contributed by atoms with Crippen LogP contribution in [-0.2, 0) is 23.4 Å². The van der Waals surface area contributed by atoms with E-state index in [0.717, 1.165) is 39.4 Å². The molecule has 23 heavy (non-hydrogen) atoms. The Labute approximate surface area is 138 Å². The maximum Gasteiger partial charge on any atom is 0.325 e. The highest BCUT2D eigenvalue weighted by Crippen LogP contribution is 2.36. The predicted molar refractivity (Wildman–Crippen MR) is 86.6 cm³/mol. The Kier molecular flexibility index (Phi) is 8.68. The number of methoxy groups -OCH3 is 1. The normalized spacial score (nSPS) is 21.7. The number of rotatable bonds is 9. The SMILES string of the molecule is COCC(COP(C)(=O)O)OC(C)CN1CCN(C(C)=O)CC1. The van der Waals surface area contributed by atoms with Crippen LogP contribution in [0, 0.1) is 0 Å². The van der Waals surface area contributed by atoms with Crippen LogP contribution in [-0.4, -0.2) is 92.5 Å². The summed E-state index contributed by atoms with van der Waals surface area (Å²) < 4.78 is 27.1. The Morgan fingerprint density at radius 2 is 1.87 bits per heavy atom. The van der Waals surface area contributed by atoms with Crippen LogP contribution in [0.3, 0.4) is 0 Å². The van der Waals surface area contributed by atoms with Gasteiger partial charge in [0.2, 0.25) is 5.91 Å². The second-order valence-corrected chi connectivity index (χ2v) is 7.79. The lowest BCUT2D eigenvalue weighted by Gasteiger charge is -2.36. The molecule has 1 aliphatic heterocycles. The number of carbonyl (C=O) groups is 1. The minimum atomic E-state index is -3.52. The summed E-state index contributed by atoms with van der Waals surface area (Å²) in [7, 11) is -1.97. The second-order valence-electron chi connectivity index (χ2n) is 5.93. The van der Waals surface area contributed by atoms with Crippen molar-refractivity contribution in [1.82, 2.24) is 9.80 Å². The van der Waals surface area contributed by atoms with Crippen molar-refractivity contribution in [2.45, 2.75) is 26.1 Å². The molecule has 9 heteroatoms. The van der Waals surface area contributed by atoms with Crippen molar-refractivity contribution >= 4 is 13.5 Å². The molecule has 136 valence electrons. The molecule has 1 amide bonds. The van der Waals surface area contributed by atoms with Gasteiger partial charge < -0.3 is 23.8 Å². The largest absolute Gasteiger partial charge is 0.382 e. The van der Waals surface area contributed by atoms with Crippen molar-refractivity contribution < 1.29 is 28.3 Å². The molecule has 1 saturated heterocycles. The zero-order chi connectivity index (χ0) is 17.5. The fourth-order valence-corrected chi connectivity index (χ4v) is 2.96. The van der Waals surface area contributed by atoms with Gasteiger partial charge in [0.25, 0.3) is 0 Å². The summed E-state index contributed by atoms with van der Waals surface area (Å²) >= 11 is 0. The third kappa shape index (κ3) is 8.79. The van der Waals surface area contributed by atoms with E-state index in [0.29, 0.717) is 6.61 Å². The van der Waals surface area contributed by atoms with Crippen LogP contribution in [0.5, 0.6) is 0 Å². The van der Waals surface area contributed by atoms with Gasteiger partial charge in [-0.2, -0.15) is 0 Å². The molecular formula is C14H29N2O6P. The highest BCUT2D eigenvalue weighted by atomic mass is 31.2. The predicted octanol–water partition coefficient (Wildman–Crippen LogP) is 0.402. The van der Waals surface area contributed by atoms with Crippen LogP contribution < -0.4 is 0 Å². The zero-order valence-electron chi connectivity index (χ0n) is 14.4. The van der Waals surface area contributed by atoms with Crippen LogP contribution in [0.15, 0.2) is 0 Å². The minimum Gasteiger partial charge on any atom is -0.382 e. The minimum absolute atomic E-state index is 0.0145. The van der Waals surface area contributed by atoms with Gasteiger partial charge in [-0.05, 0) is 6.92 Å². The molecule has 3 atom stereocenters. The first kappa shape index (κ1) is 20.5. The van der Waals surface area contributed by atoms with E-state index < -0.39 is 13.7 Å². The van der Waals surface area contributed by atoms with Crippen molar-refractivity contribution in [3.8, 4) is 0 Å². The van der Waals surface area contributed by atoms with Gasteiger partial charge in [-0.3, -0.25) is 14.3 Å². The van der Waals surface area contributed by atoms with E-state index >= 15 is 0 Å². The summed E-state index contributed by atoms with van der Waals surface area (Å²) in [4.78, 5) is 24.6. The van der Waals surface area contributed by atoms with E-state index in [1.54, 1.807) is 14.0 Å². The molecule has 3 unspecified atom stereocenters. The van der Waals surface area contributed by atoms with E-state index in [-0.39, 0.29) is 18.6 Å². The maximum absolute atomic E-state index is 11.3. The molecular weight excluding hydrogens is 323 g/mol. The average Bonchev–Trinajstić information content (AvgIpc) is 2.44. The Bertz CT molecular complexity index is 408. The van der Waals surface area contributed by atoms with Gasteiger partial charge in [0, 0.05) is 53.4 Å².